The van der Waals surface area contributed by atoms with Crippen LogP contribution < -0.4 is 5.56 Å². The number of aliphatic hydroxyl groups excluding tert-OH is 1. The summed E-state index contributed by atoms with van der Waals surface area (Å²) < 4.78 is 11.9. The van der Waals surface area contributed by atoms with E-state index in [0.29, 0.717) is 13.2 Å². The van der Waals surface area contributed by atoms with Gasteiger partial charge in [-0.1, -0.05) is 35.9 Å². The fraction of sp³-hybridized carbons (Fsp3) is 0.444. The number of benzene rings is 1. The molecule has 1 aromatic carbocycles. The van der Waals surface area contributed by atoms with Gasteiger partial charge in [-0.25, -0.2) is 4.68 Å². The van der Waals surface area contributed by atoms with Crippen LogP contribution in [0, 0.1) is 0 Å². The SMILES string of the molecule is CC(C)(C)n1ncc(O)c(Cl)c1=O.OCc1ccc(C2OCCO2)cc1. The van der Waals surface area contributed by atoms with Gasteiger partial charge in [0.15, 0.2) is 17.1 Å². The number of ether oxygens (including phenoxy) is 2. The Kier molecular flexibility index (Phi) is 6.77. The molecule has 0 aliphatic carbocycles. The lowest BCUT2D eigenvalue weighted by Crippen LogP contribution is -2.35. The Morgan fingerprint density at radius 2 is 1.81 bits per heavy atom. The fourth-order valence-electron chi connectivity index (χ4n) is 2.23. The van der Waals surface area contributed by atoms with Gasteiger partial charge in [-0.2, -0.15) is 5.10 Å². The molecule has 1 aliphatic heterocycles. The van der Waals surface area contributed by atoms with Crippen LogP contribution in [0.1, 0.15) is 38.2 Å². The first-order valence-corrected chi connectivity index (χ1v) is 8.52. The maximum atomic E-state index is 11.4. The number of halogens is 1. The summed E-state index contributed by atoms with van der Waals surface area (Å²) in [5, 5.41) is 21.5. The molecule has 1 fully saturated rings. The summed E-state index contributed by atoms with van der Waals surface area (Å²) in [7, 11) is 0. The first-order chi connectivity index (χ1) is 12.2. The van der Waals surface area contributed by atoms with Gasteiger partial charge in [-0.15, -0.1) is 0 Å². The van der Waals surface area contributed by atoms with Crippen LogP contribution in [-0.2, 0) is 21.6 Å². The van der Waals surface area contributed by atoms with Crippen LogP contribution in [0.2, 0.25) is 5.02 Å². The van der Waals surface area contributed by atoms with Crippen molar-refractivity contribution in [3.8, 4) is 5.75 Å². The summed E-state index contributed by atoms with van der Waals surface area (Å²) in [5.74, 6) is -0.285. The number of aliphatic hydroxyl groups is 1. The molecule has 0 saturated carbocycles. The topological polar surface area (TPSA) is 93.8 Å². The average Bonchev–Trinajstić information content (AvgIpc) is 3.14. The van der Waals surface area contributed by atoms with Crippen molar-refractivity contribution in [2.24, 2.45) is 0 Å². The van der Waals surface area contributed by atoms with Crippen LogP contribution in [0.15, 0.2) is 35.3 Å². The van der Waals surface area contributed by atoms with E-state index in [9.17, 15) is 4.79 Å². The van der Waals surface area contributed by atoms with Gasteiger partial charge in [0, 0.05) is 5.56 Å². The minimum atomic E-state index is -0.478. The molecule has 7 nitrogen and oxygen atoms in total. The number of rotatable bonds is 2. The predicted molar refractivity (Wildman–Crippen MR) is 97.2 cm³/mol. The molecule has 1 aliphatic rings. The van der Waals surface area contributed by atoms with Crippen molar-refractivity contribution >= 4 is 11.6 Å². The Morgan fingerprint density at radius 1 is 1.23 bits per heavy atom. The monoisotopic (exact) mass is 382 g/mol. The third-order valence-corrected chi connectivity index (χ3v) is 3.95. The first kappa shape index (κ1) is 20.4. The maximum absolute atomic E-state index is 11.4. The van der Waals surface area contributed by atoms with Gasteiger partial charge >= 0.3 is 0 Å². The Balaban J connectivity index is 0.000000187. The minimum Gasteiger partial charge on any atom is -0.505 e. The number of aromatic hydroxyl groups is 1. The molecule has 0 radical (unpaired) electrons. The lowest BCUT2D eigenvalue weighted by atomic mass is 10.1. The fourth-order valence-corrected chi connectivity index (χ4v) is 2.36. The third kappa shape index (κ3) is 5.04. The van der Waals surface area contributed by atoms with Crippen LogP contribution in [0.3, 0.4) is 0 Å². The number of nitrogens with zero attached hydrogens (tertiary/aromatic N) is 2. The van der Waals surface area contributed by atoms with E-state index >= 15 is 0 Å². The molecule has 3 rings (SSSR count). The number of hydrogen-bond acceptors (Lipinski definition) is 6. The van der Waals surface area contributed by atoms with Crippen LogP contribution in [0.25, 0.3) is 0 Å². The van der Waals surface area contributed by atoms with E-state index in [2.05, 4.69) is 5.10 Å². The summed E-state index contributed by atoms with van der Waals surface area (Å²) in [6.45, 7) is 6.88. The van der Waals surface area contributed by atoms with E-state index in [1.807, 2.05) is 45.0 Å². The lowest BCUT2D eigenvalue weighted by molar-refractivity contribution is -0.0441. The highest BCUT2D eigenvalue weighted by Gasteiger charge is 2.19. The Bertz CT molecular complexity index is 778. The summed E-state index contributed by atoms with van der Waals surface area (Å²) >= 11 is 5.57. The molecule has 8 heteroatoms. The highest BCUT2D eigenvalue weighted by Crippen LogP contribution is 2.23. The second-order valence-electron chi connectivity index (χ2n) is 6.70. The molecule has 0 unspecified atom stereocenters. The van der Waals surface area contributed by atoms with Crippen LogP contribution in [-0.4, -0.2) is 33.2 Å². The van der Waals surface area contributed by atoms with Crippen molar-refractivity contribution in [3.63, 3.8) is 0 Å². The minimum absolute atomic E-state index is 0.0761. The highest BCUT2D eigenvalue weighted by atomic mass is 35.5. The molecule has 26 heavy (non-hydrogen) atoms. The van der Waals surface area contributed by atoms with E-state index in [0.717, 1.165) is 17.3 Å². The van der Waals surface area contributed by atoms with Gasteiger partial charge in [0.25, 0.3) is 5.56 Å². The zero-order valence-corrected chi connectivity index (χ0v) is 15.7. The molecule has 2 aromatic rings. The van der Waals surface area contributed by atoms with Gasteiger partial charge in [0.05, 0.1) is 31.6 Å². The largest absolute Gasteiger partial charge is 0.505 e. The molecule has 0 bridgehead atoms. The van der Waals surface area contributed by atoms with E-state index in [1.54, 1.807) is 0 Å². The van der Waals surface area contributed by atoms with Gasteiger partial charge in [0.2, 0.25) is 0 Å². The van der Waals surface area contributed by atoms with Crippen molar-refractivity contribution in [3.05, 3.63) is 57.0 Å². The smallest absolute Gasteiger partial charge is 0.289 e. The lowest BCUT2D eigenvalue weighted by Gasteiger charge is -2.20. The molecule has 2 heterocycles. The van der Waals surface area contributed by atoms with Gasteiger partial charge < -0.3 is 19.7 Å². The molecule has 0 spiro atoms. The van der Waals surface area contributed by atoms with Crippen molar-refractivity contribution in [1.82, 2.24) is 9.78 Å². The first-order valence-electron chi connectivity index (χ1n) is 8.14. The Hall–Kier alpha value is -1.93. The zero-order chi connectivity index (χ0) is 19.3. The molecule has 2 N–H and O–H groups in total. The second kappa shape index (κ2) is 8.64. The summed E-state index contributed by atoms with van der Waals surface area (Å²) in [6.07, 6.45) is 0.947. The second-order valence-corrected chi connectivity index (χ2v) is 7.08. The maximum Gasteiger partial charge on any atom is 0.289 e. The summed E-state index contributed by atoms with van der Waals surface area (Å²) in [5.41, 5.74) is 1.000. The van der Waals surface area contributed by atoms with E-state index in [4.69, 9.17) is 31.3 Å². The normalized spacial score (nSPS) is 14.8. The zero-order valence-electron chi connectivity index (χ0n) is 15.0. The van der Waals surface area contributed by atoms with E-state index in [1.165, 1.54) is 4.68 Å². The molecule has 142 valence electrons. The van der Waals surface area contributed by atoms with Gasteiger partial charge in [0.1, 0.15) is 0 Å². The molecule has 1 aromatic heterocycles. The molecular weight excluding hydrogens is 360 g/mol. The third-order valence-electron chi connectivity index (χ3n) is 3.59. The molecule has 1 saturated heterocycles. The van der Waals surface area contributed by atoms with Crippen molar-refractivity contribution in [1.29, 1.82) is 0 Å². The standard InChI is InChI=1S/C10H12O3.C8H11ClN2O2/c11-7-8-1-3-9(4-2-8)10-12-5-6-13-10;1-8(2,3)11-7(13)6(9)5(12)4-10-11/h1-4,10-11H,5-7H2;4,12H,1-3H3. The van der Waals surface area contributed by atoms with Crippen molar-refractivity contribution in [2.75, 3.05) is 13.2 Å². The summed E-state index contributed by atoms with van der Waals surface area (Å²) in [4.78, 5) is 11.4. The number of hydrogen-bond donors (Lipinski definition) is 2. The predicted octanol–water partition coefficient (Wildman–Crippen LogP) is 2.58. The Labute approximate surface area is 156 Å². The van der Waals surface area contributed by atoms with Crippen LogP contribution in [0.4, 0.5) is 0 Å². The van der Waals surface area contributed by atoms with Crippen LogP contribution in [0.5, 0.6) is 5.75 Å². The van der Waals surface area contributed by atoms with E-state index in [-0.39, 0.29) is 23.7 Å². The van der Waals surface area contributed by atoms with Crippen molar-refractivity contribution < 1.29 is 19.7 Å². The molecular formula is C18H23ClN2O5. The highest BCUT2D eigenvalue weighted by molar-refractivity contribution is 6.31. The Morgan fingerprint density at radius 3 is 2.31 bits per heavy atom. The van der Waals surface area contributed by atoms with Gasteiger partial charge in [-0.3, -0.25) is 4.79 Å². The van der Waals surface area contributed by atoms with Crippen molar-refractivity contribution in [2.45, 2.75) is 39.2 Å². The quantitative estimate of drug-likeness (QED) is 0.829. The molecule has 0 atom stereocenters. The molecule has 0 amide bonds. The van der Waals surface area contributed by atoms with E-state index < -0.39 is 11.1 Å². The van der Waals surface area contributed by atoms with Gasteiger partial charge in [-0.05, 0) is 26.3 Å². The van der Waals surface area contributed by atoms with Crippen LogP contribution >= 0.6 is 11.6 Å². The number of aromatic nitrogens is 2. The average molecular weight is 383 g/mol. The summed E-state index contributed by atoms with van der Waals surface area (Å²) in [6, 6.07) is 7.59.